The molecule has 8 heteroatoms. The molecule has 4 amide bonds. The summed E-state index contributed by atoms with van der Waals surface area (Å²) in [5.41, 5.74) is -0.404. The van der Waals surface area contributed by atoms with Crippen molar-refractivity contribution in [1.29, 1.82) is 5.26 Å². The van der Waals surface area contributed by atoms with Gasteiger partial charge in [0, 0.05) is 5.02 Å². The van der Waals surface area contributed by atoms with Crippen LogP contribution in [0.3, 0.4) is 0 Å². The van der Waals surface area contributed by atoms with Gasteiger partial charge in [-0.15, -0.1) is 0 Å². The molecule has 1 saturated carbocycles. The van der Waals surface area contributed by atoms with Crippen LogP contribution >= 0.6 is 11.6 Å². The number of hydrogen-bond acceptors (Lipinski definition) is 4. The summed E-state index contributed by atoms with van der Waals surface area (Å²) in [6.45, 7) is 1.54. The van der Waals surface area contributed by atoms with Crippen LogP contribution in [0.1, 0.15) is 38.2 Å². The topological polar surface area (TPSA) is 102 Å². The molecule has 0 aromatic heterocycles. The van der Waals surface area contributed by atoms with E-state index in [1.165, 1.54) is 12.1 Å². The first kappa shape index (κ1) is 18.2. The van der Waals surface area contributed by atoms with Crippen LogP contribution in [0.25, 0.3) is 0 Å². The molecule has 0 radical (unpaired) electrons. The van der Waals surface area contributed by atoms with Crippen molar-refractivity contribution in [3.8, 4) is 6.07 Å². The molecule has 1 aromatic rings. The molecule has 2 N–H and O–H groups in total. The zero-order valence-electron chi connectivity index (χ0n) is 14.3. The SMILES string of the molecule is C[C@H]1CCCC[C@]12NC(=O)N(CC(=O)Nc1cc(Cl)ccc1C#N)C2=O. The Balaban J connectivity index is 1.74. The van der Waals surface area contributed by atoms with Crippen molar-refractivity contribution < 1.29 is 14.4 Å². The minimum atomic E-state index is -0.899. The van der Waals surface area contributed by atoms with Crippen molar-refractivity contribution >= 4 is 35.1 Å². The fourth-order valence-electron chi connectivity index (χ4n) is 3.69. The van der Waals surface area contributed by atoms with Gasteiger partial charge in [0.25, 0.3) is 5.91 Å². The van der Waals surface area contributed by atoms with Crippen LogP contribution in [-0.4, -0.2) is 34.8 Å². The second-order valence-electron chi connectivity index (χ2n) is 6.79. The lowest BCUT2D eigenvalue weighted by Gasteiger charge is -2.36. The Bertz CT molecular complexity index is 819. The molecular formula is C18H19ClN4O3. The summed E-state index contributed by atoms with van der Waals surface area (Å²) in [6, 6.07) is 5.89. The summed E-state index contributed by atoms with van der Waals surface area (Å²) in [5.74, 6) is -0.886. The van der Waals surface area contributed by atoms with E-state index in [9.17, 15) is 14.4 Å². The normalized spacial score (nSPS) is 25.1. The molecule has 3 rings (SSSR count). The summed E-state index contributed by atoms with van der Waals surface area (Å²) < 4.78 is 0. The highest BCUT2D eigenvalue weighted by molar-refractivity contribution is 6.31. The predicted molar refractivity (Wildman–Crippen MR) is 95.4 cm³/mol. The third-order valence-electron chi connectivity index (χ3n) is 5.18. The van der Waals surface area contributed by atoms with E-state index in [2.05, 4.69) is 10.6 Å². The van der Waals surface area contributed by atoms with Crippen molar-refractivity contribution in [1.82, 2.24) is 10.2 Å². The Hall–Kier alpha value is -2.59. The highest BCUT2D eigenvalue weighted by atomic mass is 35.5. The lowest BCUT2D eigenvalue weighted by atomic mass is 9.73. The number of nitriles is 1. The van der Waals surface area contributed by atoms with Gasteiger partial charge in [-0.25, -0.2) is 4.79 Å². The van der Waals surface area contributed by atoms with Gasteiger partial charge in [-0.1, -0.05) is 31.4 Å². The number of halogens is 1. The number of amides is 4. The number of nitrogens with zero attached hydrogens (tertiary/aromatic N) is 2. The predicted octanol–water partition coefficient (Wildman–Crippen LogP) is 2.65. The molecule has 136 valence electrons. The van der Waals surface area contributed by atoms with Crippen LogP contribution < -0.4 is 10.6 Å². The fourth-order valence-corrected chi connectivity index (χ4v) is 3.86. The number of rotatable bonds is 3. The number of imide groups is 1. The summed E-state index contributed by atoms with van der Waals surface area (Å²) >= 11 is 5.90. The number of anilines is 1. The largest absolute Gasteiger partial charge is 0.325 e. The van der Waals surface area contributed by atoms with E-state index in [4.69, 9.17) is 16.9 Å². The van der Waals surface area contributed by atoms with Crippen molar-refractivity contribution in [3.63, 3.8) is 0 Å². The van der Waals surface area contributed by atoms with Crippen LogP contribution in [0.2, 0.25) is 5.02 Å². The molecule has 2 aliphatic rings. The van der Waals surface area contributed by atoms with Gasteiger partial charge in [-0.3, -0.25) is 14.5 Å². The molecule has 2 atom stereocenters. The Morgan fingerprint density at radius 1 is 1.46 bits per heavy atom. The zero-order valence-corrected chi connectivity index (χ0v) is 15.1. The van der Waals surface area contributed by atoms with E-state index in [1.807, 2.05) is 13.0 Å². The van der Waals surface area contributed by atoms with E-state index in [-0.39, 0.29) is 23.1 Å². The van der Waals surface area contributed by atoms with Gasteiger partial charge in [-0.05, 0) is 37.0 Å². The molecule has 1 heterocycles. The smallest absolute Gasteiger partial charge is 0.323 e. The van der Waals surface area contributed by atoms with Gasteiger partial charge in [-0.2, -0.15) is 5.26 Å². The standard InChI is InChI=1S/C18H19ClN4O3/c1-11-4-2-3-7-18(11)16(25)23(17(26)22-18)10-15(24)21-14-8-13(19)6-5-12(14)9-20/h5-6,8,11H,2-4,7,10H2,1H3,(H,21,24)(H,22,26)/t11-,18-/m0/s1. The maximum absolute atomic E-state index is 12.9. The Labute approximate surface area is 156 Å². The van der Waals surface area contributed by atoms with Gasteiger partial charge in [0.1, 0.15) is 18.2 Å². The molecule has 1 spiro atoms. The first-order chi connectivity index (χ1) is 12.4. The average molecular weight is 375 g/mol. The Morgan fingerprint density at radius 3 is 2.92 bits per heavy atom. The number of carbonyl (C=O) groups is 3. The molecule has 0 bridgehead atoms. The third-order valence-corrected chi connectivity index (χ3v) is 5.41. The van der Waals surface area contributed by atoms with Crippen molar-refractivity contribution in [2.45, 2.75) is 38.1 Å². The molecule has 1 aliphatic carbocycles. The van der Waals surface area contributed by atoms with Gasteiger partial charge in [0.05, 0.1) is 11.3 Å². The number of benzene rings is 1. The lowest BCUT2D eigenvalue weighted by Crippen LogP contribution is -2.54. The lowest BCUT2D eigenvalue weighted by molar-refractivity contribution is -0.136. The van der Waals surface area contributed by atoms with Gasteiger partial charge >= 0.3 is 6.03 Å². The van der Waals surface area contributed by atoms with E-state index in [0.717, 1.165) is 24.2 Å². The first-order valence-electron chi connectivity index (χ1n) is 8.51. The Morgan fingerprint density at radius 2 is 2.23 bits per heavy atom. The fraction of sp³-hybridized carbons (Fsp3) is 0.444. The quantitative estimate of drug-likeness (QED) is 0.794. The minimum absolute atomic E-state index is 0.0267. The summed E-state index contributed by atoms with van der Waals surface area (Å²) in [4.78, 5) is 38.5. The molecule has 26 heavy (non-hydrogen) atoms. The number of carbonyl (C=O) groups excluding carboxylic acids is 3. The van der Waals surface area contributed by atoms with E-state index in [0.29, 0.717) is 11.4 Å². The molecule has 0 unspecified atom stereocenters. The average Bonchev–Trinajstić information content (AvgIpc) is 2.83. The van der Waals surface area contributed by atoms with Crippen LogP contribution in [0.5, 0.6) is 0 Å². The summed E-state index contributed by atoms with van der Waals surface area (Å²) in [5, 5.41) is 14.8. The highest BCUT2D eigenvalue weighted by Crippen LogP contribution is 2.38. The third kappa shape index (κ3) is 3.13. The van der Waals surface area contributed by atoms with E-state index < -0.39 is 24.0 Å². The second-order valence-corrected chi connectivity index (χ2v) is 7.23. The van der Waals surface area contributed by atoms with Crippen molar-refractivity contribution in [2.24, 2.45) is 5.92 Å². The van der Waals surface area contributed by atoms with Crippen LogP contribution in [0, 0.1) is 17.2 Å². The molecule has 1 aromatic carbocycles. The number of nitrogens with one attached hydrogen (secondary N) is 2. The van der Waals surface area contributed by atoms with Gasteiger partial charge < -0.3 is 10.6 Å². The molecule has 1 saturated heterocycles. The molecule has 7 nitrogen and oxygen atoms in total. The number of urea groups is 1. The monoisotopic (exact) mass is 374 g/mol. The number of hydrogen-bond donors (Lipinski definition) is 2. The highest BCUT2D eigenvalue weighted by Gasteiger charge is 2.55. The van der Waals surface area contributed by atoms with Crippen LogP contribution in [-0.2, 0) is 9.59 Å². The first-order valence-corrected chi connectivity index (χ1v) is 8.89. The molecular weight excluding hydrogens is 356 g/mol. The Kier molecular flexibility index (Phi) is 4.88. The molecule has 2 fully saturated rings. The van der Waals surface area contributed by atoms with E-state index >= 15 is 0 Å². The minimum Gasteiger partial charge on any atom is -0.323 e. The maximum atomic E-state index is 12.9. The zero-order chi connectivity index (χ0) is 18.9. The van der Waals surface area contributed by atoms with Crippen LogP contribution in [0.4, 0.5) is 10.5 Å². The second kappa shape index (κ2) is 6.96. The summed E-state index contributed by atoms with van der Waals surface area (Å²) in [7, 11) is 0. The van der Waals surface area contributed by atoms with Crippen molar-refractivity contribution in [2.75, 3.05) is 11.9 Å². The summed E-state index contributed by atoms with van der Waals surface area (Å²) in [6.07, 6.45) is 3.34. The maximum Gasteiger partial charge on any atom is 0.325 e. The van der Waals surface area contributed by atoms with Gasteiger partial charge in [0.15, 0.2) is 0 Å². The van der Waals surface area contributed by atoms with Gasteiger partial charge in [0.2, 0.25) is 5.91 Å². The molecule has 1 aliphatic heterocycles. The van der Waals surface area contributed by atoms with Crippen molar-refractivity contribution in [3.05, 3.63) is 28.8 Å². The van der Waals surface area contributed by atoms with Crippen LogP contribution in [0.15, 0.2) is 18.2 Å². The van der Waals surface area contributed by atoms with E-state index in [1.54, 1.807) is 6.07 Å².